The van der Waals surface area contributed by atoms with Crippen LogP contribution < -0.4 is 0 Å². The molecule has 2 aliphatic carbocycles. The molecule has 0 aromatic carbocycles. The van der Waals surface area contributed by atoms with Gasteiger partial charge in [0.25, 0.3) is 0 Å². The molecular weight excluding hydrogens is 248 g/mol. The van der Waals surface area contributed by atoms with Gasteiger partial charge in [-0.2, -0.15) is 5.10 Å². The van der Waals surface area contributed by atoms with Crippen molar-refractivity contribution in [2.24, 2.45) is 11.8 Å². The third kappa shape index (κ3) is 3.13. The maximum Gasteiger partial charge on any atom is 0.136 e. The molecule has 2 unspecified atom stereocenters. The van der Waals surface area contributed by atoms with Crippen molar-refractivity contribution < 1.29 is 4.79 Å². The predicted molar refractivity (Wildman–Crippen MR) is 79.6 cm³/mol. The number of carbonyl (C=O) groups excluding carboxylic acids is 1. The number of rotatable bonds is 3. The van der Waals surface area contributed by atoms with E-state index in [-0.39, 0.29) is 5.92 Å². The van der Waals surface area contributed by atoms with Gasteiger partial charge in [0.05, 0.1) is 11.7 Å². The third-order valence-electron chi connectivity index (χ3n) is 5.09. The number of aromatic nitrogens is 2. The van der Waals surface area contributed by atoms with Crippen LogP contribution in [-0.4, -0.2) is 15.6 Å². The van der Waals surface area contributed by atoms with Crippen LogP contribution in [0.2, 0.25) is 0 Å². The van der Waals surface area contributed by atoms with E-state index < -0.39 is 0 Å². The van der Waals surface area contributed by atoms with Crippen LogP contribution in [0, 0.1) is 11.8 Å². The maximum absolute atomic E-state index is 12.0. The first-order valence-electron chi connectivity index (χ1n) is 8.29. The third-order valence-corrected chi connectivity index (χ3v) is 5.09. The standard InChI is InChI=1S/C17H26N2O/c1-13-7-8-17(20)14(11-13)12-15-9-10-19(18-15)16-5-3-2-4-6-16/h9-10,13-14,16H,2-8,11-12H2,1H3. The number of ketones is 1. The second kappa shape index (κ2) is 6.11. The Morgan fingerprint density at radius 2 is 2.05 bits per heavy atom. The second-order valence-corrected chi connectivity index (χ2v) is 6.83. The number of nitrogens with zero attached hydrogens (tertiary/aromatic N) is 2. The summed E-state index contributed by atoms with van der Waals surface area (Å²) in [6, 6.07) is 2.72. The minimum absolute atomic E-state index is 0.216. The highest BCUT2D eigenvalue weighted by molar-refractivity contribution is 5.81. The highest BCUT2D eigenvalue weighted by atomic mass is 16.1. The summed E-state index contributed by atoms with van der Waals surface area (Å²) in [6.07, 6.45) is 12.4. The average Bonchev–Trinajstić information content (AvgIpc) is 2.92. The van der Waals surface area contributed by atoms with Crippen molar-refractivity contribution in [3.63, 3.8) is 0 Å². The largest absolute Gasteiger partial charge is 0.299 e. The van der Waals surface area contributed by atoms with Crippen molar-refractivity contribution in [3.8, 4) is 0 Å². The van der Waals surface area contributed by atoms with Gasteiger partial charge in [-0.05, 0) is 37.7 Å². The molecule has 3 heteroatoms. The van der Waals surface area contributed by atoms with Gasteiger partial charge >= 0.3 is 0 Å². The minimum atomic E-state index is 0.216. The van der Waals surface area contributed by atoms with Gasteiger partial charge in [-0.25, -0.2) is 0 Å². The molecule has 20 heavy (non-hydrogen) atoms. The smallest absolute Gasteiger partial charge is 0.136 e. The summed E-state index contributed by atoms with van der Waals surface area (Å²) in [5.41, 5.74) is 1.11. The number of hydrogen-bond acceptors (Lipinski definition) is 2. The van der Waals surface area contributed by atoms with E-state index in [0.717, 1.165) is 31.4 Å². The molecular formula is C17H26N2O. The fourth-order valence-corrected chi connectivity index (χ4v) is 3.81. The molecule has 3 rings (SSSR count). The Bertz CT molecular complexity index is 459. The van der Waals surface area contributed by atoms with Crippen LogP contribution in [0.4, 0.5) is 0 Å². The van der Waals surface area contributed by atoms with Gasteiger partial charge in [0, 0.05) is 25.0 Å². The molecule has 0 N–H and O–H groups in total. The topological polar surface area (TPSA) is 34.9 Å². The van der Waals surface area contributed by atoms with Crippen LogP contribution in [-0.2, 0) is 11.2 Å². The zero-order chi connectivity index (χ0) is 13.9. The van der Waals surface area contributed by atoms with E-state index in [9.17, 15) is 4.79 Å². The first-order valence-corrected chi connectivity index (χ1v) is 8.29. The molecule has 3 nitrogen and oxygen atoms in total. The van der Waals surface area contributed by atoms with Gasteiger partial charge in [0.1, 0.15) is 5.78 Å². The van der Waals surface area contributed by atoms with E-state index >= 15 is 0 Å². The Kier molecular flexibility index (Phi) is 4.23. The van der Waals surface area contributed by atoms with E-state index in [1.165, 1.54) is 32.1 Å². The summed E-state index contributed by atoms with van der Waals surface area (Å²) >= 11 is 0. The summed E-state index contributed by atoms with van der Waals surface area (Å²) in [6.45, 7) is 2.26. The molecule has 110 valence electrons. The molecule has 0 aliphatic heterocycles. The van der Waals surface area contributed by atoms with Crippen molar-refractivity contribution in [1.29, 1.82) is 0 Å². The first-order chi connectivity index (χ1) is 9.72. The van der Waals surface area contributed by atoms with Gasteiger partial charge in [0.15, 0.2) is 0 Å². The minimum Gasteiger partial charge on any atom is -0.299 e. The van der Waals surface area contributed by atoms with Crippen LogP contribution in [0.25, 0.3) is 0 Å². The number of carbonyl (C=O) groups is 1. The Morgan fingerprint density at radius 1 is 1.25 bits per heavy atom. The van der Waals surface area contributed by atoms with E-state index in [0.29, 0.717) is 17.7 Å². The van der Waals surface area contributed by atoms with Gasteiger partial charge < -0.3 is 0 Å². The van der Waals surface area contributed by atoms with Crippen LogP contribution in [0.5, 0.6) is 0 Å². The van der Waals surface area contributed by atoms with Crippen molar-refractivity contribution in [2.45, 2.75) is 70.8 Å². The van der Waals surface area contributed by atoms with Crippen molar-refractivity contribution in [3.05, 3.63) is 18.0 Å². The Hall–Kier alpha value is -1.12. The molecule has 1 aromatic heterocycles. The zero-order valence-corrected chi connectivity index (χ0v) is 12.6. The van der Waals surface area contributed by atoms with Crippen LogP contribution in [0.3, 0.4) is 0 Å². The van der Waals surface area contributed by atoms with E-state index in [2.05, 4.69) is 23.9 Å². The Morgan fingerprint density at radius 3 is 2.85 bits per heavy atom. The Balaban J connectivity index is 1.63. The van der Waals surface area contributed by atoms with Crippen molar-refractivity contribution in [2.75, 3.05) is 0 Å². The first kappa shape index (κ1) is 13.8. The van der Waals surface area contributed by atoms with E-state index in [1.54, 1.807) is 0 Å². The number of Topliss-reactive ketones (excluding diaryl/α,β-unsaturated/α-hetero) is 1. The summed E-state index contributed by atoms with van der Waals surface area (Å²) in [7, 11) is 0. The molecule has 0 bridgehead atoms. The molecule has 0 saturated heterocycles. The van der Waals surface area contributed by atoms with Crippen molar-refractivity contribution >= 4 is 5.78 Å². The molecule has 1 aromatic rings. The lowest BCUT2D eigenvalue weighted by molar-refractivity contribution is -0.125. The maximum atomic E-state index is 12.0. The van der Waals surface area contributed by atoms with E-state index in [4.69, 9.17) is 5.10 Å². The van der Waals surface area contributed by atoms with Crippen molar-refractivity contribution in [1.82, 2.24) is 9.78 Å². The summed E-state index contributed by atoms with van der Waals surface area (Å²) in [4.78, 5) is 12.0. The molecule has 1 heterocycles. The Labute approximate surface area is 121 Å². The highest BCUT2D eigenvalue weighted by Gasteiger charge is 2.27. The van der Waals surface area contributed by atoms with Crippen LogP contribution >= 0.6 is 0 Å². The lowest BCUT2D eigenvalue weighted by atomic mass is 9.79. The second-order valence-electron chi connectivity index (χ2n) is 6.83. The van der Waals surface area contributed by atoms with Crippen LogP contribution in [0.15, 0.2) is 12.3 Å². The monoisotopic (exact) mass is 274 g/mol. The van der Waals surface area contributed by atoms with Gasteiger partial charge in [-0.1, -0.05) is 26.2 Å². The molecule has 0 spiro atoms. The van der Waals surface area contributed by atoms with Gasteiger partial charge in [-0.15, -0.1) is 0 Å². The summed E-state index contributed by atoms with van der Waals surface area (Å²) < 4.78 is 2.16. The zero-order valence-electron chi connectivity index (χ0n) is 12.6. The summed E-state index contributed by atoms with van der Waals surface area (Å²) in [5.74, 6) is 1.36. The van der Waals surface area contributed by atoms with Crippen LogP contribution in [0.1, 0.15) is 70.0 Å². The fraction of sp³-hybridized carbons (Fsp3) is 0.765. The molecule has 2 aliphatic rings. The predicted octanol–water partition coefficient (Wildman–Crippen LogP) is 3.94. The van der Waals surface area contributed by atoms with E-state index in [1.807, 2.05) is 0 Å². The van der Waals surface area contributed by atoms with Gasteiger partial charge in [0.2, 0.25) is 0 Å². The highest BCUT2D eigenvalue weighted by Crippen LogP contribution is 2.30. The fourth-order valence-electron chi connectivity index (χ4n) is 3.81. The molecule has 0 amide bonds. The lowest BCUT2D eigenvalue weighted by Crippen LogP contribution is -2.25. The average molecular weight is 274 g/mol. The SMILES string of the molecule is CC1CCC(=O)C(Cc2ccn(C3CCCCC3)n2)C1. The quantitative estimate of drug-likeness (QED) is 0.837. The molecule has 2 fully saturated rings. The number of hydrogen-bond donors (Lipinski definition) is 0. The lowest BCUT2D eigenvalue weighted by Gasteiger charge is -2.25. The molecule has 0 radical (unpaired) electrons. The molecule has 2 atom stereocenters. The summed E-state index contributed by atoms with van der Waals surface area (Å²) in [5, 5.41) is 4.75. The molecule has 2 saturated carbocycles. The normalized spacial score (nSPS) is 28.8. The van der Waals surface area contributed by atoms with Gasteiger partial charge in [-0.3, -0.25) is 9.48 Å².